The lowest BCUT2D eigenvalue weighted by Crippen LogP contribution is -2.16. The van der Waals surface area contributed by atoms with Gasteiger partial charge in [-0.1, -0.05) is 18.2 Å². The first-order valence-corrected chi connectivity index (χ1v) is 5.72. The number of nitrogens with one attached hydrogen (secondary N) is 1. The van der Waals surface area contributed by atoms with Crippen molar-refractivity contribution in [3.05, 3.63) is 42.2 Å². The van der Waals surface area contributed by atoms with Crippen LogP contribution in [-0.2, 0) is 6.42 Å². The summed E-state index contributed by atoms with van der Waals surface area (Å²) in [7, 11) is 0. The first-order chi connectivity index (χ1) is 7.45. The normalized spacial score (nSPS) is 16.0. The van der Waals surface area contributed by atoms with Gasteiger partial charge in [0.25, 0.3) is 0 Å². The zero-order valence-corrected chi connectivity index (χ0v) is 9.02. The summed E-state index contributed by atoms with van der Waals surface area (Å²) in [4.78, 5) is 4.08. The Morgan fingerprint density at radius 3 is 3.07 bits per heavy atom. The molecule has 0 unspecified atom stereocenters. The molecule has 1 aliphatic carbocycles. The van der Waals surface area contributed by atoms with Crippen LogP contribution in [0.2, 0.25) is 0 Å². The van der Waals surface area contributed by atoms with Gasteiger partial charge in [-0.2, -0.15) is 0 Å². The van der Waals surface area contributed by atoms with E-state index in [2.05, 4.69) is 28.5 Å². The van der Waals surface area contributed by atoms with E-state index in [4.69, 9.17) is 0 Å². The Kier molecular flexibility index (Phi) is 3.92. The van der Waals surface area contributed by atoms with E-state index in [1.807, 2.05) is 18.5 Å². The lowest BCUT2D eigenvalue weighted by molar-refractivity contribution is 0.690. The lowest BCUT2D eigenvalue weighted by atomic mass is 10.2. The second-order valence-corrected chi connectivity index (χ2v) is 4.05. The molecule has 0 amide bonds. The van der Waals surface area contributed by atoms with Gasteiger partial charge >= 0.3 is 0 Å². The number of rotatable bonds is 6. The van der Waals surface area contributed by atoms with Crippen LogP contribution in [0.4, 0.5) is 0 Å². The van der Waals surface area contributed by atoms with Gasteiger partial charge < -0.3 is 5.32 Å². The summed E-state index contributed by atoms with van der Waals surface area (Å²) in [6.07, 6.45) is 13.1. The molecule has 0 aliphatic heterocycles. The quantitative estimate of drug-likeness (QED) is 0.565. The van der Waals surface area contributed by atoms with Crippen molar-refractivity contribution in [3.8, 4) is 0 Å². The van der Waals surface area contributed by atoms with Gasteiger partial charge in [0, 0.05) is 18.4 Å². The summed E-state index contributed by atoms with van der Waals surface area (Å²) in [5.41, 5.74) is 1.28. The fourth-order valence-corrected chi connectivity index (χ4v) is 1.51. The van der Waals surface area contributed by atoms with Crippen molar-refractivity contribution in [2.45, 2.75) is 31.7 Å². The van der Waals surface area contributed by atoms with Crippen molar-refractivity contribution in [2.24, 2.45) is 0 Å². The molecular weight excluding hydrogens is 184 g/mol. The molecule has 1 aromatic heterocycles. The van der Waals surface area contributed by atoms with Crippen molar-refractivity contribution in [3.63, 3.8) is 0 Å². The Bertz CT molecular complexity index is 302. The predicted octanol–water partition coefficient (Wildman–Crippen LogP) is 2.32. The third-order valence-corrected chi connectivity index (χ3v) is 2.56. The highest BCUT2D eigenvalue weighted by molar-refractivity contribution is 5.12. The minimum Gasteiger partial charge on any atom is -0.314 e. The largest absolute Gasteiger partial charge is 0.314 e. The number of hydrogen-bond acceptors (Lipinski definition) is 2. The second-order valence-electron chi connectivity index (χ2n) is 4.05. The summed E-state index contributed by atoms with van der Waals surface area (Å²) < 4.78 is 0. The van der Waals surface area contributed by atoms with Gasteiger partial charge in [0.2, 0.25) is 0 Å². The minimum atomic E-state index is 0.830. The number of pyridine rings is 1. The fraction of sp³-hybridized carbons (Fsp3) is 0.462. The zero-order chi connectivity index (χ0) is 10.3. The molecule has 0 aromatic carbocycles. The zero-order valence-electron chi connectivity index (χ0n) is 9.02. The van der Waals surface area contributed by atoms with Gasteiger partial charge in [-0.05, 0) is 43.9 Å². The van der Waals surface area contributed by atoms with Crippen LogP contribution >= 0.6 is 0 Å². The average Bonchev–Trinajstić information content (AvgIpc) is 3.09. The Morgan fingerprint density at radius 2 is 2.33 bits per heavy atom. The minimum absolute atomic E-state index is 0.830. The van der Waals surface area contributed by atoms with Crippen LogP contribution in [0.5, 0.6) is 0 Å². The molecule has 0 spiro atoms. The van der Waals surface area contributed by atoms with Gasteiger partial charge in [0.15, 0.2) is 0 Å². The molecule has 0 saturated heterocycles. The van der Waals surface area contributed by atoms with Crippen molar-refractivity contribution in [1.82, 2.24) is 10.3 Å². The highest BCUT2D eigenvalue weighted by atomic mass is 14.9. The van der Waals surface area contributed by atoms with Crippen molar-refractivity contribution >= 4 is 0 Å². The number of allylic oxidation sites excluding steroid dienone is 1. The molecule has 1 fully saturated rings. The third-order valence-electron chi connectivity index (χ3n) is 2.56. The Hall–Kier alpha value is -1.15. The number of hydrogen-bond donors (Lipinski definition) is 1. The monoisotopic (exact) mass is 202 g/mol. The Labute approximate surface area is 91.4 Å². The Morgan fingerprint density at radius 1 is 1.40 bits per heavy atom. The van der Waals surface area contributed by atoms with E-state index >= 15 is 0 Å². The van der Waals surface area contributed by atoms with E-state index < -0.39 is 0 Å². The smallest absolute Gasteiger partial charge is 0.0303 e. The molecule has 80 valence electrons. The predicted molar refractivity (Wildman–Crippen MR) is 62.7 cm³/mol. The van der Waals surface area contributed by atoms with E-state index in [-0.39, 0.29) is 0 Å². The maximum Gasteiger partial charge on any atom is 0.0303 e. The molecule has 1 heterocycles. The fourth-order valence-electron chi connectivity index (χ4n) is 1.51. The second kappa shape index (κ2) is 5.66. The van der Waals surface area contributed by atoms with E-state index in [0.717, 1.165) is 25.4 Å². The summed E-state index contributed by atoms with van der Waals surface area (Å²) in [5.74, 6) is 0. The van der Waals surface area contributed by atoms with Gasteiger partial charge in [0.05, 0.1) is 0 Å². The SMILES string of the molecule is C(=C\Cc1cccnc1)/CCNC1CC1. The third kappa shape index (κ3) is 4.26. The molecule has 2 nitrogen and oxygen atoms in total. The molecule has 2 heteroatoms. The first kappa shape index (κ1) is 10.4. The first-order valence-electron chi connectivity index (χ1n) is 5.72. The molecule has 1 saturated carbocycles. The molecule has 0 radical (unpaired) electrons. The van der Waals surface area contributed by atoms with Crippen LogP contribution in [-0.4, -0.2) is 17.6 Å². The van der Waals surface area contributed by atoms with Gasteiger partial charge in [0.1, 0.15) is 0 Å². The van der Waals surface area contributed by atoms with Gasteiger partial charge in [-0.25, -0.2) is 0 Å². The molecule has 1 aromatic rings. The van der Waals surface area contributed by atoms with E-state index in [9.17, 15) is 0 Å². The molecule has 1 N–H and O–H groups in total. The van der Waals surface area contributed by atoms with Crippen LogP contribution in [0.1, 0.15) is 24.8 Å². The van der Waals surface area contributed by atoms with Crippen molar-refractivity contribution in [2.75, 3.05) is 6.54 Å². The van der Waals surface area contributed by atoms with Crippen molar-refractivity contribution < 1.29 is 0 Å². The van der Waals surface area contributed by atoms with Crippen molar-refractivity contribution in [1.29, 1.82) is 0 Å². The number of nitrogens with zero attached hydrogens (tertiary/aromatic N) is 1. The highest BCUT2D eigenvalue weighted by Crippen LogP contribution is 2.18. The maximum atomic E-state index is 4.08. The summed E-state index contributed by atoms with van der Waals surface area (Å²) in [6.45, 7) is 1.12. The topological polar surface area (TPSA) is 24.9 Å². The standard InChI is InChI=1S/C13H18N2/c1(3-10-15-13-7-8-13)2-5-12-6-4-9-14-11-12/h1-2,4,6,9,11,13,15H,3,5,7-8,10H2/b2-1+. The van der Waals surface area contributed by atoms with Crippen LogP contribution in [0, 0.1) is 0 Å². The lowest BCUT2D eigenvalue weighted by Gasteiger charge is -1.97. The molecular formula is C13H18N2. The van der Waals surface area contributed by atoms with E-state index in [1.54, 1.807) is 0 Å². The average molecular weight is 202 g/mol. The Balaban J connectivity index is 1.58. The van der Waals surface area contributed by atoms with Crippen LogP contribution < -0.4 is 5.32 Å². The van der Waals surface area contributed by atoms with E-state index in [0.29, 0.717) is 0 Å². The molecule has 15 heavy (non-hydrogen) atoms. The van der Waals surface area contributed by atoms with Crippen LogP contribution in [0.25, 0.3) is 0 Å². The summed E-state index contributed by atoms with van der Waals surface area (Å²) in [6, 6.07) is 4.93. The van der Waals surface area contributed by atoms with Crippen LogP contribution in [0.15, 0.2) is 36.7 Å². The maximum absolute atomic E-state index is 4.08. The number of aromatic nitrogens is 1. The molecule has 2 rings (SSSR count). The molecule has 1 aliphatic rings. The summed E-state index contributed by atoms with van der Waals surface area (Å²) in [5, 5.41) is 3.49. The van der Waals surface area contributed by atoms with Gasteiger partial charge in [-0.3, -0.25) is 4.98 Å². The summed E-state index contributed by atoms with van der Waals surface area (Å²) >= 11 is 0. The van der Waals surface area contributed by atoms with Gasteiger partial charge in [-0.15, -0.1) is 0 Å². The molecule has 0 bridgehead atoms. The van der Waals surface area contributed by atoms with E-state index in [1.165, 1.54) is 18.4 Å². The van der Waals surface area contributed by atoms with Crippen LogP contribution in [0.3, 0.4) is 0 Å². The highest BCUT2D eigenvalue weighted by Gasteiger charge is 2.19. The molecule has 0 atom stereocenters.